The topological polar surface area (TPSA) is 108 Å². The number of hydrogen-bond donors (Lipinski definition) is 1. The van der Waals surface area contributed by atoms with E-state index in [-0.39, 0.29) is 22.8 Å². The van der Waals surface area contributed by atoms with Gasteiger partial charge in [0.2, 0.25) is 11.7 Å². The molecule has 2 heterocycles. The van der Waals surface area contributed by atoms with Crippen LogP contribution >= 0.6 is 11.8 Å². The molecule has 5 rings (SSSR count). The van der Waals surface area contributed by atoms with Gasteiger partial charge in [0, 0.05) is 0 Å². The van der Waals surface area contributed by atoms with Gasteiger partial charge in [-0.25, -0.2) is 4.79 Å². The molecule has 9 nitrogen and oxygen atoms in total. The average molecular weight is 514 g/mol. The van der Waals surface area contributed by atoms with Crippen molar-refractivity contribution in [3.05, 3.63) is 99.8 Å². The fraction of sp³-hybridized carbons (Fsp3) is 0.148. The zero-order valence-electron chi connectivity index (χ0n) is 20.2. The Morgan fingerprint density at radius 2 is 1.70 bits per heavy atom. The van der Waals surface area contributed by atoms with Gasteiger partial charge in [0.1, 0.15) is 0 Å². The van der Waals surface area contributed by atoms with Gasteiger partial charge >= 0.3 is 5.97 Å². The number of hydrogen-bond acceptors (Lipinski definition) is 7. The lowest BCUT2D eigenvalue weighted by Crippen LogP contribution is -2.24. The predicted molar refractivity (Wildman–Crippen MR) is 142 cm³/mol. The second kappa shape index (κ2) is 10.3. The van der Waals surface area contributed by atoms with Crippen LogP contribution < -0.4 is 10.9 Å². The van der Waals surface area contributed by atoms with Gasteiger partial charge in [0.25, 0.3) is 5.56 Å². The molecule has 5 aromatic rings. The van der Waals surface area contributed by atoms with Crippen molar-refractivity contribution >= 4 is 46.0 Å². The number of benzene rings is 3. The first-order valence-electron chi connectivity index (χ1n) is 11.5. The molecule has 1 amide bonds. The molecule has 0 unspecified atom stereocenters. The highest BCUT2D eigenvalue weighted by Crippen LogP contribution is 2.23. The first-order chi connectivity index (χ1) is 18.0. The SMILES string of the molecule is COC(=O)c1ccccc1NC(=O)CSc1nnc2n(Cc3ccc(C)cc3)c(=O)c3ccccc3n12. The molecule has 0 aliphatic rings. The summed E-state index contributed by atoms with van der Waals surface area (Å²) in [6, 6.07) is 21.9. The van der Waals surface area contributed by atoms with Crippen LogP contribution in [-0.4, -0.2) is 43.9 Å². The maximum Gasteiger partial charge on any atom is 0.339 e. The summed E-state index contributed by atoms with van der Waals surface area (Å²) in [5.41, 5.74) is 3.22. The number of fused-ring (bicyclic) bond motifs is 3. The Bertz CT molecular complexity index is 1690. The molecule has 0 aliphatic heterocycles. The molecule has 1 N–H and O–H groups in total. The highest BCUT2D eigenvalue weighted by atomic mass is 32.2. The largest absolute Gasteiger partial charge is 0.465 e. The number of carbonyl (C=O) groups is 2. The number of aromatic nitrogens is 4. The number of para-hydroxylation sites is 2. The summed E-state index contributed by atoms with van der Waals surface area (Å²) in [5, 5.41) is 12.4. The molecule has 0 aliphatic carbocycles. The molecule has 0 spiro atoms. The van der Waals surface area contributed by atoms with Crippen molar-refractivity contribution in [3.8, 4) is 0 Å². The molecule has 0 saturated carbocycles. The summed E-state index contributed by atoms with van der Waals surface area (Å²) in [5.74, 6) is -0.453. The molecular formula is C27H23N5O4S. The number of nitrogens with one attached hydrogen (secondary N) is 1. The number of methoxy groups -OCH3 is 1. The maximum atomic E-state index is 13.4. The van der Waals surface area contributed by atoms with Gasteiger partial charge in [0.05, 0.1) is 41.6 Å². The predicted octanol–water partition coefficient (Wildman–Crippen LogP) is 3.92. The van der Waals surface area contributed by atoms with Crippen LogP contribution in [0.1, 0.15) is 21.5 Å². The molecule has 3 aromatic carbocycles. The molecule has 10 heteroatoms. The number of anilines is 1. The molecule has 2 aromatic heterocycles. The van der Waals surface area contributed by atoms with Crippen molar-refractivity contribution in [3.63, 3.8) is 0 Å². The van der Waals surface area contributed by atoms with E-state index in [0.29, 0.717) is 34.1 Å². The minimum absolute atomic E-state index is 0.0156. The second-order valence-electron chi connectivity index (χ2n) is 8.39. The molecule has 37 heavy (non-hydrogen) atoms. The number of ether oxygens (including phenoxy) is 1. The lowest BCUT2D eigenvalue weighted by atomic mass is 10.1. The number of nitrogens with zero attached hydrogens (tertiary/aromatic N) is 4. The smallest absolute Gasteiger partial charge is 0.339 e. The van der Waals surface area contributed by atoms with Gasteiger partial charge in [-0.15, -0.1) is 10.2 Å². The number of amides is 1. The summed E-state index contributed by atoms with van der Waals surface area (Å²) >= 11 is 1.19. The third-order valence-electron chi connectivity index (χ3n) is 5.88. The van der Waals surface area contributed by atoms with Crippen LogP contribution in [0, 0.1) is 6.92 Å². The van der Waals surface area contributed by atoms with Crippen molar-refractivity contribution in [1.82, 2.24) is 19.2 Å². The standard InChI is InChI=1S/C27H23N5O4S/c1-17-11-13-18(14-12-17)15-31-24(34)20-8-4-6-10-22(20)32-26(31)29-30-27(32)37-16-23(33)28-21-9-5-3-7-19(21)25(35)36-2/h3-14H,15-16H2,1-2H3,(H,28,33). The van der Waals surface area contributed by atoms with Gasteiger partial charge in [0.15, 0.2) is 5.16 Å². The Morgan fingerprint density at radius 1 is 0.973 bits per heavy atom. The highest BCUT2D eigenvalue weighted by Gasteiger charge is 2.19. The Morgan fingerprint density at radius 3 is 2.49 bits per heavy atom. The van der Waals surface area contributed by atoms with Crippen molar-refractivity contribution in [2.24, 2.45) is 0 Å². The first kappa shape index (κ1) is 24.3. The monoisotopic (exact) mass is 513 g/mol. The molecule has 186 valence electrons. The van der Waals surface area contributed by atoms with E-state index in [1.807, 2.05) is 49.4 Å². The van der Waals surface area contributed by atoms with E-state index >= 15 is 0 Å². The number of thioether (sulfide) groups is 1. The summed E-state index contributed by atoms with van der Waals surface area (Å²) in [6.45, 7) is 2.34. The Kier molecular flexibility index (Phi) is 6.74. The van der Waals surface area contributed by atoms with Crippen molar-refractivity contribution in [2.75, 3.05) is 18.2 Å². The van der Waals surface area contributed by atoms with Crippen molar-refractivity contribution < 1.29 is 14.3 Å². The fourth-order valence-corrected chi connectivity index (χ4v) is 4.78. The number of aryl methyl sites for hydroxylation is 1. The maximum absolute atomic E-state index is 13.4. The van der Waals surface area contributed by atoms with Crippen molar-refractivity contribution in [2.45, 2.75) is 18.6 Å². The number of carbonyl (C=O) groups excluding carboxylic acids is 2. The van der Waals surface area contributed by atoms with Crippen LogP contribution in [0.15, 0.2) is 82.7 Å². The zero-order valence-corrected chi connectivity index (χ0v) is 21.0. The van der Waals surface area contributed by atoms with Gasteiger partial charge < -0.3 is 10.1 Å². The summed E-state index contributed by atoms with van der Waals surface area (Å²) in [4.78, 5) is 38.2. The minimum atomic E-state index is -0.537. The molecule has 0 fully saturated rings. The lowest BCUT2D eigenvalue weighted by Gasteiger charge is -2.12. The Hall–Kier alpha value is -4.44. The number of esters is 1. The zero-order chi connectivity index (χ0) is 25.9. The first-order valence-corrected chi connectivity index (χ1v) is 12.5. The van der Waals surface area contributed by atoms with E-state index < -0.39 is 5.97 Å². The molecule has 0 saturated heterocycles. The fourth-order valence-electron chi connectivity index (χ4n) is 4.04. The van der Waals surface area contributed by atoms with Gasteiger partial charge in [-0.1, -0.05) is 65.9 Å². The normalized spacial score (nSPS) is 11.1. The Balaban J connectivity index is 1.47. The minimum Gasteiger partial charge on any atom is -0.465 e. The van der Waals surface area contributed by atoms with Gasteiger partial charge in [-0.3, -0.25) is 18.6 Å². The van der Waals surface area contributed by atoms with E-state index in [9.17, 15) is 14.4 Å². The van der Waals surface area contributed by atoms with E-state index in [1.165, 1.54) is 18.9 Å². The summed E-state index contributed by atoms with van der Waals surface area (Å²) < 4.78 is 8.18. The summed E-state index contributed by atoms with van der Waals surface area (Å²) in [7, 11) is 1.29. The van der Waals surface area contributed by atoms with Crippen LogP contribution in [0.3, 0.4) is 0 Å². The molecule has 0 bridgehead atoms. The third kappa shape index (κ3) is 4.83. The van der Waals surface area contributed by atoms with Crippen LogP contribution in [-0.2, 0) is 16.1 Å². The van der Waals surface area contributed by atoms with Gasteiger partial charge in [-0.2, -0.15) is 0 Å². The van der Waals surface area contributed by atoms with E-state index in [0.717, 1.165) is 11.1 Å². The van der Waals surface area contributed by atoms with Crippen LogP contribution in [0.4, 0.5) is 5.69 Å². The van der Waals surface area contributed by atoms with Crippen LogP contribution in [0.5, 0.6) is 0 Å². The quantitative estimate of drug-likeness (QED) is 0.260. The Labute approximate surface area is 216 Å². The molecular weight excluding hydrogens is 490 g/mol. The van der Waals surface area contributed by atoms with E-state index in [1.54, 1.807) is 39.3 Å². The third-order valence-corrected chi connectivity index (χ3v) is 6.81. The summed E-state index contributed by atoms with van der Waals surface area (Å²) in [6.07, 6.45) is 0. The molecule has 0 atom stereocenters. The average Bonchev–Trinajstić information content (AvgIpc) is 3.35. The van der Waals surface area contributed by atoms with E-state index in [2.05, 4.69) is 15.5 Å². The van der Waals surface area contributed by atoms with Crippen LogP contribution in [0.2, 0.25) is 0 Å². The van der Waals surface area contributed by atoms with Gasteiger partial charge in [-0.05, 0) is 36.8 Å². The second-order valence-corrected chi connectivity index (χ2v) is 9.33. The molecule has 0 radical (unpaired) electrons. The van der Waals surface area contributed by atoms with Crippen LogP contribution in [0.25, 0.3) is 16.7 Å². The van der Waals surface area contributed by atoms with E-state index in [4.69, 9.17) is 4.74 Å². The lowest BCUT2D eigenvalue weighted by molar-refractivity contribution is -0.113. The highest BCUT2D eigenvalue weighted by molar-refractivity contribution is 7.99. The van der Waals surface area contributed by atoms with Crippen molar-refractivity contribution in [1.29, 1.82) is 0 Å². The number of rotatable bonds is 7.